The molecule has 3 aromatic carbocycles. The zero-order valence-corrected chi connectivity index (χ0v) is 34.9. The first-order valence-corrected chi connectivity index (χ1v) is 20.5. The van der Waals surface area contributed by atoms with Crippen molar-refractivity contribution in [3.05, 3.63) is 107 Å². The van der Waals surface area contributed by atoms with E-state index in [1.54, 1.807) is 6.07 Å². The molecule has 18 heteroatoms. The van der Waals surface area contributed by atoms with E-state index in [0.717, 1.165) is 30.5 Å². The Bertz CT molecular complexity index is 2090. The van der Waals surface area contributed by atoms with E-state index < -0.39 is 66.8 Å². The minimum absolute atomic E-state index is 0.0549. The SMILES string of the molecule is CC(=O)OC[C@H]1O[C@@H](CC(=S)Nc2cccc(C3O[C@H](CSc4ncn[nH]4)[C@@H](c4ccccc4)[C@H](c4ccc(CO)cc4)O3)c2)[C@H](OC(C)=O)[C@@H](OC(C)=O)[C@@H]1OC(C)=O. The normalized spacial score (nSPS) is 25.1. The second-order valence-corrected chi connectivity index (χ2v) is 15.6. The van der Waals surface area contributed by atoms with Gasteiger partial charge >= 0.3 is 23.9 Å². The van der Waals surface area contributed by atoms with Crippen LogP contribution in [0, 0.1) is 0 Å². The van der Waals surface area contributed by atoms with Crippen LogP contribution in [0.4, 0.5) is 5.69 Å². The van der Waals surface area contributed by atoms with Gasteiger partial charge in [-0.1, -0.05) is 90.7 Å². The van der Waals surface area contributed by atoms with E-state index >= 15 is 0 Å². The van der Waals surface area contributed by atoms with Gasteiger partial charge in [-0.3, -0.25) is 24.3 Å². The Morgan fingerprint density at radius 2 is 1.43 bits per heavy atom. The van der Waals surface area contributed by atoms with Crippen molar-refractivity contribution in [1.29, 1.82) is 0 Å². The molecule has 2 aliphatic rings. The molecular formula is C42H46N4O12S2. The minimum Gasteiger partial charge on any atom is -0.463 e. The highest BCUT2D eigenvalue weighted by Crippen LogP contribution is 2.48. The molecule has 16 nitrogen and oxygen atoms in total. The van der Waals surface area contributed by atoms with E-state index in [4.69, 9.17) is 45.4 Å². The standard InChI is InChI=1S/C42H46N4O12S2/c1-23(48)52-20-33-39(54-25(3)50)40(55-26(4)51)38(53-24(2)49)32(56-33)18-35(59)45-31-12-8-11-30(17-31)41-57-34(21-60-42-43-22-44-46-42)36(28-9-6-5-7-10-28)37(58-41)29-15-13-27(19-47)14-16-29/h5-17,22,32-34,36-41,47H,18-21H2,1-4H3,(H,45,59)(H,43,44,46)/t32-,33+,34+,36+,37-,38-,39+,40+,41?/m0/s1. The predicted molar refractivity (Wildman–Crippen MR) is 219 cm³/mol. The molecule has 9 atom stereocenters. The summed E-state index contributed by atoms with van der Waals surface area (Å²) in [7, 11) is 0. The lowest BCUT2D eigenvalue weighted by atomic mass is 9.84. The number of aliphatic hydroxyl groups is 1. The number of nitrogens with zero attached hydrogens (tertiary/aromatic N) is 2. The number of anilines is 1. The average molecular weight is 863 g/mol. The quantitative estimate of drug-likeness (QED) is 0.0601. The second-order valence-electron chi connectivity index (χ2n) is 14.1. The highest BCUT2D eigenvalue weighted by Gasteiger charge is 2.52. The van der Waals surface area contributed by atoms with Gasteiger partial charge in [-0.25, -0.2) is 4.98 Å². The molecule has 6 rings (SSSR count). The van der Waals surface area contributed by atoms with Crippen molar-refractivity contribution < 1.29 is 57.4 Å². The van der Waals surface area contributed by atoms with Gasteiger partial charge in [0.05, 0.1) is 23.8 Å². The molecule has 0 bridgehead atoms. The third kappa shape index (κ3) is 11.7. The van der Waals surface area contributed by atoms with Gasteiger partial charge in [-0.15, -0.1) is 0 Å². The van der Waals surface area contributed by atoms with Gasteiger partial charge in [0.1, 0.15) is 25.1 Å². The van der Waals surface area contributed by atoms with Crippen LogP contribution in [-0.4, -0.2) is 98.1 Å². The molecule has 3 N–H and O–H groups in total. The Morgan fingerprint density at radius 1 is 0.767 bits per heavy atom. The van der Waals surface area contributed by atoms with Crippen LogP contribution in [0.5, 0.6) is 0 Å². The number of carbonyl (C=O) groups is 4. The number of H-pyrrole nitrogens is 1. The van der Waals surface area contributed by atoms with Crippen LogP contribution in [0.25, 0.3) is 0 Å². The molecule has 2 fully saturated rings. The van der Waals surface area contributed by atoms with E-state index in [1.807, 2.05) is 60.7 Å². The maximum Gasteiger partial charge on any atom is 0.303 e. The van der Waals surface area contributed by atoms with E-state index in [0.29, 0.717) is 22.2 Å². The fraction of sp³-hybridized carbons (Fsp3) is 0.405. The number of hydrogen-bond donors (Lipinski definition) is 3. The summed E-state index contributed by atoms with van der Waals surface area (Å²) >= 11 is 7.29. The lowest BCUT2D eigenvalue weighted by Crippen LogP contribution is -2.62. The summed E-state index contributed by atoms with van der Waals surface area (Å²) in [5, 5.41) is 20.5. The largest absolute Gasteiger partial charge is 0.463 e. The molecule has 3 heterocycles. The van der Waals surface area contributed by atoms with Gasteiger partial charge in [0, 0.05) is 57.0 Å². The van der Waals surface area contributed by atoms with Crippen molar-refractivity contribution in [1.82, 2.24) is 15.2 Å². The minimum atomic E-state index is -1.32. The summed E-state index contributed by atoms with van der Waals surface area (Å²) in [5.74, 6) is -2.50. The van der Waals surface area contributed by atoms with Crippen LogP contribution >= 0.6 is 24.0 Å². The van der Waals surface area contributed by atoms with Gasteiger partial charge in [-0.2, -0.15) is 5.10 Å². The Balaban J connectivity index is 1.26. The fourth-order valence-corrected chi connectivity index (χ4v) is 8.35. The first kappa shape index (κ1) is 44.3. The number of aliphatic hydroxyl groups excluding tert-OH is 1. The van der Waals surface area contributed by atoms with Gasteiger partial charge in [0.15, 0.2) is 29.8 Å². The van der Waals surface area contributed by atoms with Crippen molar-refractivity contribution in [2.45, 2.75) is 101 Å². The molecule has 2 aliphatic heterocycles. The molecule has 2 saturated heterocycles. The maximum absolute atomic E-state index is 12.4. The highest BCUT2D eigenvalue weighted by molar-refractivity contribution is 7.99. The Kier molecular flexibility index (Phi) is 15.4. The number of nitrogens with one attached hydrogen (secondary N) is 2. The monoisotopic (exact) mass is 862 g/mol. The first-order chi connectivity index (χ1) is 28.9. The third-order valence-corrected chi connectivity index (χ3v) is 10.9. The number of thioether (sulfide) groups is 1. The van der Waals surface area contributed by atoms with Crippen LogP contribution in [0.15, 0.2) is 90.3 Å². The van der Waals surface area contributed by atoms with Gasteiger partial charge in [0.2, 0.25) is 0 Å². The molecule has 0 radical (unpaired) electrons. The van der Waals surface area contributed by atoms with Crippen molar-refractivity contribution >= 4 is 58.5 Å². The highest BCUT2D eigenvalue weighted by atomic mass is 32.2. The molecule has 1 aromatic heterocycles. The molecule has 0 saturated carbocycles. The molecule has 0 aliphatic carbocycles. The molecule has 318 valence electrons. The fourth-order valence-electron chi connectivity index (χ4n) is 7.22. The number of benzene rings is 3. The van der Waals surface area contributed by atoms with E-state index in [1.165, 1.54) is 31.9 Å². The number of aromatic nitrogens is 3. The number of carbonyl (C=O) groups excluding carboxylic acids is 4. The summed E-state index contributed by atoms with van der Waals surface area (Å²) in [5.41, 5.74) is 3.97. The molecule has 60 heavy (non-hydrogen) atoms. The maximum atomic E-state index is 12.4. The number of aromatic amines is 1. The van der Waals surface area contributed by atoms with E-state index in [9.17, 15) is 24.3 Å². The molecule has 0 spiro atoms. The number of hydrogen-bond acceptors (Lipinski definition) is 16. The summed E-state index contributed by atoms with van der Waals surface area (Å²) in [6.07, 6.45) is -6.25. The number of esters is 4. The molecule has 0 amide bonds. The molecular weight excluding hydrogens is 817 g/mol. The number of thiocarbonyl (C=S) groups is 1. The number of ether oxygens (including phenoxy) is 7. The van der Waals surface area contributed by atoms with Crippen LogP contribution in [0.1, 0.15) is 74.7 Å². The van der Waals surface area contributed by atoms with Crippen LogP contribution in [0.2, 0.25) is 0 Å². The summed E-state index contributed by atoms with van der Waals surface area (Å²) < 4.78 is 41.8. The predicted octanol–water partition coefficient (Wildman–Crippen LogP) is 5.28. The van der Waals surface area contributed by atoms with Crippen LogP contribution in [-0.2, 0) is 58.9 Å². The molecule has 1 unspecified atom stereocenters. The van der Waals surface area contributed by atoms with E-state index in [-0.39, 0.29) is 36.6 Å². The Labute approximate surface area is 356 Å². The smallest absolute Gasteiger partial charge is 0.303 e. The Morgan fingerprint density at radius 3 is 2.07 bits per heavy atom. The van der Waals surface area contributed by atoms with Crippen molar-refractivity contribution in [3.8, 4) is 0 Å². The van der Waals surface area contributed by atoms with Crippen LogP contribution < -0.4 is 5.32 Å². The molecule has 4 aromatic rings. The lowest BCUT2D eigenvalue weighted by Gasteiger charge is -2.44. The van der Waals surface area contributed by atoms with Gasteiger partial charge < -0.3 is 43.6 Å². The zero-order chi connectivity index (χ0) is 42.8. The van der Waals surface area contributed by atoms with Gasteiger partial charge in [-0.05, 0) is 28.8 Å². The van der Waals surface area contributed by atoms with Crippen LogP contribution in [0.3, 0.4) is 0 Å². The van der Waals surface area contributed by atoms with Gasteiger partial charge in [0.25, 0.3) is 0 Å². The summed E-state index contributed by atoms with van der Waals surface area (Å²) in [4.78, 5) is 53.1. The number of rotatable bonds is 15. The zero-order valence-electron chi connectivity index (χ0n) is 33.3. The summed E-state index contributed by atoms with van der Waals surface area (Å²) in [6.45, 7) is 4.26. The topological polar surface area (TPSA) is 207 Å². The first-order valence-electron chi connectivity index (χ1n) is 19.1. The Hall–Kier alpha value is -5.24. The van der Waals surface area contributed by atoms with E-state index in [2.05, 4.69) is 32.6 Å². The third-order valence-electron chi connectivity index (χ3n) is 9.66. The summed E-state index contributed by atoms with van der Waals surface area (Å²) in [6, 6.07) is 25.0. The lowest BCUT2D eigenvalue weighted by molar-refractivity contribution is -0.255. The average Bonchev–Trinajstić information content (AvgIpc) is 3.75. The van der Waals surface area contributed by atoms with Crippen molar-refractivity contribution in [2.75, 3.05) is 17.7 Å². The second kappa shape index (κ2) is 20.8. The van der Waals surface area contributed by atoms with Crippen molar-refractivity contribution in [2.24, 2.45) is 0 Å². The van der Waals surface area contributed by atoms with Crippen molar-refractivity contribution in [3.63, 3.8) is 0 Å².